The Kier molecular flexibility index (Phi) is 2.75. The van der Waals surface area contributed by atoms with Crippen LogP contribution in [0.25, 0.3) is 11.2 Å². The quantitative estimate of drug-likeness (QED) is 0.705. The molecule has 112 valence electrons. The molecule has 0 aliphatic carbocycles. The van der Waals surface area contributed by atoms with E-state index in [0.29, 0.717) is 23.4 Å². The number of fused-ring (bicyclic) bond motifs is 2. The highest BCUT2D eigenvalue weighted by Crippen LogP contribution is 2.29. The Balaban J connectivity index is 1.73. The summed E-state index contributed by atoms with van der Waals surface area (Å²) in [5.74, 6) is 1.64. The molecule has 0 fully saturated rings. The summed E-state index contributed by atoms with van der Waals surface area (Å²) in [7, 11) is 0. The third-order valence-corrected chi connectivity index (χ3v) is 3.90. The van der Waals surface area contributed by atoms with E-state index in [-0.39, 0.29) is 5.82 Å². The molecule has 4 rings (SSSR count). The fourth-order valence-electron chi connectivity index (χ4n) is 2.79. The van der Waals surface area contributed by atoms with Gasteiger partial charge in [0.25, 0.3) is 0 Å². The molecule has 7 heteroatoms. The minimum absolute atomic E-state index is 0.0407. The molecule has 3 N–H and O–H groups in total. The van der Waals surface area contributed by atoms with Crippen molar-refractivity contribution in [2.75, 3.05) is 12.3 Å². The van der Waals surface area contributed by atoms with Gasteiger partial charge < -0.3 is 15.5 Å². The van der Waals surface area contributed by atoms with E-state index in [1.165, 1.54) is 11.1 Å². The molecule has 0 radical (unpaired) electrons. The molecule has 1 aliphatic heterocycles. The average molecular weight is 299 g/mol. The number of nitrogen functional groups attached to an aromatic ring is 1. The van der Waals surface area contributed by atoms with Crippen molar-refractivity contribution in [2.24, 2.45) is 0 Å². The van der Waals surface area contributed by atoms with Crippen molar-refractivity contribution in [3.05, 3.63) is 40.7 Å². The predicted molar refractivity (Wildman–Crippen MR) is 79.2 cm³/mol. The van der Waals surface area contributed by atoms with E-state index < -0.39 is 6.08 Å². The molecule has 0 amide bonds. The fourth-order valence-corrected chi connectivity index (χ4v) is 2.79. The monoisotopic (exact) mass is 299 g/mol. The van der Waals surface area contributed by atoms with E-state index in [4.69, 9.17) is 10.5 Å². The van der Waals surface area contributed by atoms with Crippen LogP contribution < -0.4 is 10.5 Å². The Morgan fingerprint density at radius 3 is 3.05 bits per heavy atom. The van der Waals surface area contributed by atoms with E-state index in [1.54, 1.807) is 0 Å². The Hall–Kier alpha value is -2.70. The van der Waals surface area contributed by atoms with Crippen LogP contribution in [0.15, 0.2) is 12.1 Å². The minimum Gasteiger partial charge on any atom is -0.493 e. The zero-order valence-electron chi connectivity index (χ0n) is 12.0. The molecule has 2 aromatic heterocycles. The summed E-state index contributed by atoms with van der Waals surface area (Å²) in [6.07, 6.45) is 0.661. The topological polar surface area (TPSA) is 89.7 Å². The number of ether oxygens (including phenoxy) is 1. The lowest BCUT2D eigenvalue weighted by molar-refractivity contribution is 0.356. The van der Waals surface area contributed by atoms with Crippen molar-refractivity contribution in [1.82, 2.24) is 19.9 Å². The summed E-state index contributed by atoms with van der Waals surface area (Å²) in [5.41, 5.74) is 9.90. The maximum Gasteiger partial charge on any atom is 0.312 e. The summed E-state index contributed by atoms with van der Waals surface area (Å²) < 4.78 is 18.8. The van der Waals surface area contributed by atoms with Crippen molar-refractivity contribution in [1.29, 1.82) is 0 Å². The molecule has 1 aromatic carbocycles. The van der Waals surface area contributed by atoms with Gasteiger partial charge in [-0.05, 0) is 29.7 Å². The minimum atomic E-state index is -0.859. The maximum absolute atomic E-state index is 13.2. The summed E-state index contributed by atoms with van der Waals surface area (Å²) >= 11 is 0. The predicted octanol–water partition coefficient (Wildman–Crippen LogP) is 1.91. The average Bonchev–Trinajstić information content (AvgIpc) is 3.05. The van der Waals surface area contributed by atoms with Gasteiger partial charge in [0.2, 0.25) is 0 Å². The van der Waals surface area contributed by atoms with Crippen LogP contribution in [0.1, 0.15) is 22.5 Å². The number of nitrogens with zero attached hydrogens (tertiary/aromatic N) is 3. The number of rotatable bonds is 2. The number of halogens is 1. The van der Waals surface area contributed by atoms with Crippen LogP contribution in [0, 0.1) is 13.0 Å². The summed E-state index contributed by atoms with van der Waals surface area (Å²) in [5, 5.41) is 0. The van der Waals surface area contributed by atoms with Gasteiger partial charge in [-0.25, -0.2) is 4.98 Å². The highest BCUT2D eigenvalue weighted by atomic mass is 19.1. The second kappa shape index (κ2) is 4.66. The number of H-pyrrole nitrogens is 1. The Morgan fingerprint density at radius 1 is 1.32 bits per heavy atom. The zero-order chi connectivity index (χ0) is 15.3. The first-order valence-corrected chi connectivity index (χ1v) is 7.03. The van der Waals surface area contributed by atoms with Crippen molar-refractivity contribution in [3.63, 3.8) is 0 Å². The lowest BCUT2D eigenvalue weighted by Gasteiger charge is -2.07. The van der Waals surface area contributed by atoms with E-state index in [1.807, 2.05) is 6.07 Å². The van der Waals surface area contributed by atoms with Crippen LogP contribution in [0.5, 0.6) is 5.75 Å². The van der Waals surface area contributed by atoms with Crippen molar-refractivity contribution >= 4 is 17.0 Å². The number of aromatic nitrogens is 4. The first-order chi connectivity index (χ1) is 10.6. The molecule has 3 aromatic rings. The van der Waals surface area contributed by atoms with Gasteiger partial charge in [0.05, 0.1) is 6.61 Å². The first kappa shape index (κ1) is 13.0. The number of benzene rings is 1. The molecule has 6 nitrogen and oxygen atoms in total. The second-order valence-corrected chi connectivity index (χ2v) is 5.42. The normalized spacial score (nSPS) is 13.4. The highest BCUT2D eigenvalue weighted by Gasteiger charge is 2.16. The van der Waals surface area contributed by atoms with Gasteiger partial charge >= 0.3 is 6.08 Å². The molecule has 0 saturated heterocycles. The lowest BCUT2D eigenvalue weighted by Crippen LogP contribution is -1.97. The van der Waals surface area contributed by atoms with Crippen LogP contribution in [0.4, 0.5) is 10.2 Å². The number of anilines is 1. The van der Waals surface area contributed by atoms with Gasteiger partial charge in [0.1, 0.15) is 11.6 Å². The molecule has 0 unspecified atom stereocenters. The molecule has 0 spiro atoms. The number of hydrogen-bond donors (Lipinski definition) is 2. The van der Waals surface area contributed by atoms with Crippen LogP contribution in [-0.2, 0) is 12.8 Å². The van der Waals surface area contributed by atoms with Crippen molar-refractivity contribution in [3.8, 4) is 5.75 Å². The highest BCUT2D eigenvalue weighted by molar-refractivity contribution is 5.81. The molecule has 0 bridgehead atoms. The van der Waals surface area contributed by atoms with Crippen LogP contribution >= 0.6 is 0 Å². The lowest BCUT2D eigenvalue weighted by atomic mass is 10.0. The molecule has 1 aliphatic rings. The van der Waals surface area contributed by atoms with Crippen LogP contribution in [-0.4, -0.2) is 26.5 Å². The summed E-state index contributed by atoms with van der Waals surface area (Å²) in [6, 6.07) is 4.19. The van der Waals surface area contributed by atoms with Gasteiger partial charge in [0.15, 0.2) is 17.0 Å². The third-order valence-electron chi connectivity index (χ3n) is 3.90. The number of aromatic amines is 1. The van der Waals surface area contributed by atoms with Crippen molar-refractivity contribution in [2.45, 2.75) is 19.8 Å². The Morgan fingerprint density at radius 2 is 2.18 bits per heavy atom. The molecule has 0 atom stereocenters. The maximum atomic E-state index is 13.2. The number of nitrogens with one attached hydrogen (secondary N) is 1. The van der Waals surface area contributed by atoms with Gasteiger partial charge in [-0.3, -0.25) is 0 Å². The summed E-state index contributed by atoms with van der Waals surface area (Å²) in [6.45, 7) is 2.79. The number of aryl methyl sites for hydroxylation is 1. The molecule has 0 saturated carbocycles. The fraction of sp³-hybridized carbons (Fsp3) is 0.267. The van der Waals surface area contributed by atoms with Crippen LogP contribution in [0.3, 0.4) is 0 Å². The first-order valence-electron chi connectivity index (χ1n) is 7.03. The second-order valence-electron chi connectivity index (χ2n) is 5.42. The van der Waals surface area contributed by atoms with Gasteiger partial charge in [-0.15, -0.1) is 0 Å². The van der Waals surface area contributed by atoms with Crippen molar-refractivity contribution < 1.29 is 9.13 Å². The molecule has 3 heterocycles. The van der Waals surface area contributed by atoms with Gasteiger partial charge in [-0.2, -0.15) is 14.4 Å². The zero-order valence-corrected chi connectivity index (χ0v) is 12.0. The molecule has 22 heavy (non-hydrogen) atoms. The largest absolute Gasteiger partial charge is 0.493 e. The standard InChI is InChI=1S/C15H14FN5O/c1-7-4-8-2-3-22-10(8)5-9(7)6-11-18-12-13(17)20-15(16)21-14(12)19-11/h4-5H,2-3,6H2,1H3,(H3,17,18,19,20,21). The number of hydrogen-bond acceptors (Lipinski definition) is 5. The van der Waals surface area contributed by atoms with E-state index in [9.17, 15) is 4.39 Å². The van der Waals surface area contributed by atoms with Gasteiger partial charge in [0, 0.05) is 12.8 Å². The van der Waals surface area contributed by atoms with E-state index in [0.717, 1.165) is 24.3 Å². The van der Waals surface area contributed by atoms with Crippen LogP contribution in [0.2, 0.25) is 0 Å². The molecular weight excluding hydrogens is 285 g/mol. The Labute approximate surface area is 125 Å². The number of nitrogens with two attached hydrogens (primary N) is 1. The third kappa shape index (κ3) is 2.05. The smallest absolute Gasteiger partial charge is 0.312 e. The molecular formula is C15H14FN5O. The van der Waals surface area contributed by atoms with E-state index >= 15 is 0 Å². The summed E-state index contributed by atoms with van der Waals surface area (Å²) in [4.78, 5) is 14.5. The van der Waals surface area contributed by atoms with Gasteiger partial charge in [-0.1, -0.05) is 6.07 Å². The SMILES string of the molecule is Cc1cc2c(cc1Cc1nc3c(N)nc(F)nc3[nH]1)OCC2. The van der Waals surface area contributed by atoms with E-state index in [2.05, 4.69) is 32.9 Å². The number of imidazole rings is 1. The Bertz CT molecular complexity index is 889.